The third kappa shape index (κ3) is 4.34. The molecule has 4 nitrogen and oxygen atoms in total. The van der Waals surface area contributed by atoms with Crippen LogP contribution in [0.25, 0.3) is 0 Å². The first kappa shape index (κ1) is 13.5. The summed E-state index contributed by atoms with van der Waals surface area (Å²) in [4.78, 5) is 8.15. The van der Waals surface area contributed by atoms with Crippen molar-refractivity contribution >= 4 is 0 Å². The maximum atomic E-state index is 5.80. The van der Waals surface area contributed by atoms with E-state index in [1.807, 2.05) is 18.2 Å². The van der Waals surface area contributed by atoms with E-state index in [1.165, 1.54) is 0 Å². The van der Waals surface area contributed by atoms with Crippen molar-refractivity contribution in [2.24, 2.45) is 5.92 Å². The zero-order valence-electron chi connectivity index (χ0n) is 11.3. The van der Waals surface area contributed by atoms with Gasteiger partial charge in [0.2, 0.25) is 0 Å². The fourth-order valence-electron chi connectivity index (χ4n) is 1.68. The van der Waals surface area contributed by atoms with Gasteiger partial charge in [0.25, 0.3) is 0 Å². The molecule has 0 fully saturated rings. The van der Waals surface area contributed by atoms with Crippen LogP contribution in [0.15, 0.2) is 43.0 Å². The quantitative estimate of drug-likeness (QED) is 0.864. The predicted octanol–water partition coefficient (Wildman–Crippen LogP) is 3.01. The van der Waals surface area contributed by atoms with Crippen molar-refractivity contribution in [3.05, 3.63) is 48.5 Å². The van der Waals surface area contributed by atoms with E-state index in [4.69, 9.17) is 4.74 Å². The number of pyridine rings is 2. The van der Waals surface area contributed by atoms with Crippen LogP contribution in [0.2, 0.25) is 0 Å². The first-order valence-corrected chi connectivity index (χ1v) is 6.47. The van der Waals surface area contributed by atoms with Crippen LogP contribution in [0.4, 0.5) is 0 Å². The van der Waals surface area contributed by atoms with E-state index < -0.39 is 0 Å². The maximum absolute atomic E-state index is 5.80. The average Bonchev–Trinajstić information content (AvgIpc) is 2.41. The van der Waals surface area contributed by atoms with Gasteiger partial charge in [-0.1, -0.05) is 13.8 Å². The highest BCUT2D eigenvalue weighted by atomic mass is 16.5. The van der Waals surface area contributed by atoms with Crippen molar-refractivity contribution in [3.8, 4) is 11.5 Å². The number of nitrogens with zero attached hydrogens (tertiary/aromatic N) is 2. The zero-order valence-corrected chi connectivity index (χ0v) is 11.3. The third-order valence-corrected chi connectivity index (χ3v) is 2.60. The summed E-state index contributed by atoms with van der Waals surface area (Å²) in [5.74, 6) is 2.12. The Bertz CT molecular complexity index is 500. The van der Waals surface area contributed by atoms with Crippen molar-refractivity contribution in [1.82, 2.24) is 15.3 Å². The van der Waals surface area contributed by atoms with E-state index in [0.29, 0.717) is 5.92 Å². The fraction of sp³-hybridized carbons (Fsp3) is 0.333. The Morgan fingerprint density at radius 1 is 1.16 bits per heavy atom. The first-order chi connectivity index (χ1) is 9.25. The van der Waals surface area contributed by atoms with E-state index in [-0.39, 0.29) is 0 Å². The molecule has 100 valence electrons. The predicted molar refractivity (Wildman–Crippen MR) is 75.1 cm³/mol. The molecule has 2 aromatic rings. The van der Waals surface area contributed by atoms with Crippen molar-refractivity contribution in [3.63, 3.8) is 0 Å². The van der Waals surface area contributed by atoms with Gasteiger partial charge in [0.1, 0.15) is 11.5 Å². The second kappa shape index (κ2) is 6.85. The van der Waals surface area contributed by atoms with E-state index in [0.717, 1.165) is 30.2 Å². The van der Waals surface area contributed by atoms with E-state index in [2.05, 4.69) is 29.1 Å². The highest BCUT2D eigenvalue weighted by Crippen LogP contribution is 2.23. The number of hydrogen-bond donors (Lipinski definition) is 1. The summed E-state index contributed by atoms with van der Waals surface area (Å²) < 4.78 is 5.80. The molecule has 0 saturated carbocycles. The summed E-state index contributed by atoms with van der Waals surface area (Å²) in [6.45, 7) is 6.13. The highest BCUT2D eigenvalue weighted by molar-refractivity contribution is 5.34. The molecule has 2 rings (SSSR count). The Kier molecular flexibility index (Phi) is 4.86. The fourth-order valence-corrected chi connectivity index (χ4v) is 1.68. The van der Waals surface area contributed by atoms with Gasteiger partial charge in [-0.2, -0.15) is 0 Å². The van der Waals surface area contributed by atoms with Crippen LogP contribution in [0.1, 0.15) is 19.4 Å². The summed E-state index contributed by atoms with van der Waals surface area (Å²) in [7, 11) is 0. The molecular formula is C15H19N3O. The molecule has 0 aromatic carbocycles. The average molecular weight is 257 g/mol. The van der Waals surface area contributed by atoms with Gasteiger partial charge in [-0.15, -0.1) is 0 Å². The van der Waals surface area contributed by atoms with Gasteiger partial charge in [-0.05, 0) is 30.7 Å². The molecule has 0 saturated heterocycles. The standard InChI is InChI=1S/C15H19N3O/c1-12(2)8-18-9-13-5-7-17-11-15(13)19-14-4-3-6-16-10-14/h3-7,10-12,18H,8-9H2,1-2H3. The highest BCUT2D eigenvalue weighted by Gasteiger charge is 2.05. The van der Waals surface area contributed by atoms with Crippen LogP contribution in [-0.2, 0) is 6.54 Å². The lowest BCUT2D eigenvalue weighted by Gasteiger charge is -2.12. The molecule has 4 heteroatoms. The van der Waals surface area contributed by atoms with Gasteiger partial charge in [0.15, 0.2) is 0 Å². The molecule has 0 unspecified atom stereocenters. The molecule has 19 heavy (non-hydrogen) atoms. The summed E-state index contributed by atoms with van der Waals surface area (Å²) in [5, 5.41) is 3.40. The lowest BCUT2D eigenvalue weighted by atomic mass is 10.2. The molecule has 0 bridgehead atoms. The van der Waals surface area contributed by atoms with Crippen molar-refractivity contribution in [1.29, 1.82) is 0 Å². The Hall–Kier alpha value is -1.94. The molecule has 0 radical (unpaired) electrons. The Labute approximate surface area is 113 Å². The molecule has 0 aliphatic heterocycles. The summed E-state index contributed by atoms with van der Waals surface area (Å²) in [6.07, 6.45) is 6.93. The van der Waals surface area contributed by atoms with Crippen LogP contribution >= 0.6 is 0 Å². The Morgan fingerprint density at radius 3 is 2.74 bits per heavy atom. The molecule has 1 N–H and O–H groups in total. The van der Waals surface area contributed by atoms with E-state index >= 15 is 0 Å². The third-order valence-electron chi connectivity index (χ3n) is 2.60. The van der Waals surface area contributed by atoms with Crippen LogP contribution in [0.3, 0.4) is 0 Å². The molecule has 2 heterocycles. The van der Waals surface area contributed by atoms with Crippen molar-refractivity contribution < 1.29 is 4.74 Å². The summed E-state index contributed by atoms with van der Waals surface area (Å²) in [6, 6.07) is 5.70. The minimum Gasteiger partial charge on any atom is -0.454 e. The minimum absolute atomic E-state index is 0.629. The summed E-state index contributed by atoms with van der Waals surface area (Å²) >= 11 is 0. The van der Waals surface area contributed by atoms with Crippen molar-refractivity contribution in [2.45, 2.75) is 20.4 Å². The van der Waals surface area contributed by atoms with E-state index in [9.17, 15) is 0 Å². The van der Waals surface area contributed by atoms with Gasteiger partial charge in [-0.25, -0.2) is 0 Å². The summed E-state index contributed by atoms with van der Waals surface area (Å²) in [5.41, 5.74) is 1.10. The largest absolute Gasteiger partial charge is 0.454 e. The SMILES string of the molecule is CC(C)CNCc1ccncc1Oc1cccnc1. The van der Waals surface area contributed by atoms with Crippen LogP contribution in [0, 0.1) is 5.92 Å². The van der Waals surface area contributed by atoms with Crippen LogP contribution in [0.5, 0.6) is 11.5 Å². The molecule has 0 aliphatic rings. The Balaban J connectivity index is 2.04. The minimum atomic E-state index is 0.629. The molecule has 0 atom stereocenters. The maximum Gasteiger partial charge on any atom is 0.150 e. The molecule has 0 aliphatic carbocycles. The normalized spacial score (nSPS) is 10.7. The van der Waals surface area contributed by atoms with Crippen LogP contribution < -0.4 is 10.1 Å². The van der Waals surface area contributed by atoms with Gasteiger partial charge < -0.3 is 10.1 Å². The lowest BCUT2D eigenvalue weighted by molar-refractivity contribution is 0.464. The second-order valence-corrected chi connectivity index (χ2v) is 4.80. The van der Waals surface area contributed by atoms with E-state index in [1.54, 1.807) is 24.8 Å². The molecular weight excluding hydrogens is 238 g/mol. The molecule has 0 spiro atoms. The number of nitrogens with one attached hydrogen (secondary N) is 1. The monoisotopic (exact) mass is 257 g/mol. The lowest BCUT2D eigenvalue weighted by Crippen LogP contribution is -2.19. The smallest absolute Gasteiger partial charge is 0.150 e. The Morgan fingerprint density at radius 2 is 2.00 bits per heavy atom. The van der Waals surface area contributed by atoms with Gasteiger partial charge in [-0.3, -0.25) is 9.97 Å². The van der Waals surface area contributed by atoms with Gasteiger partial charge in [0.05, 0.1) is 12.4 Å². The van der Waals surface area contributed by atoms with Gasteiger partial charge in [0, 0.05) is 24.5 Å². The number of ether oxygens (including phenoxy) is 1. The molecule has 2 aromatic heterocycles. The van der Waals surface area contributed by atoms with Crippen molar-refractivity contribution in [2.75, 3.05) is 6.54 Å². The number of aromatic nitrogens is 2. The second-order valence-electron chi connectivity index (χ2n) is 4.80. The van der Waals surface area contributed by atoms with Crippen LogP contribution in [-0.4, -0.2) is 16.5 Å². The first-order valence-electron chi connectivity index (χ1n) is 6.47. The van der Waals surface area contributed by atoms with Gasteiger partial charge >= 0.3 is 0 Å². The topological polar surface area (TPSA) is 47.0 Å². The number of rotatable bonds is 6. The zero-order chi connectivity index (χ0) is 13.5. The molecule has 0 amide bonds. The number of hydrogen-bond acceptors (Lipinski definition) is 4.